The molecule has 1 spiro atoms. The van der Waals surface area contributed by atoms with Crippen molar-refractivity contribution in [1.29, 1.82) is 0 Å². The van der Waals surface area contributed by atoms with E-state index in [-0.39, 0.29) is 25.1 Å². The van der Waals surface area contributed by atoms with Crippen molar-refractivity contribution < 1.29 is 19.4 Å². The van der Waals surface area contributed by atoms with E-state index in [0.29, 0.717) is 12.5 Å². The summed E-state index contributed by atoms with van der Waals surface area (Å²) < 4.78 is 5.86. The summed E-state index contributed by atoms with van der Waals surface area (Å²) in [4.78, 5) is 27.1. The lowest BCUT2D eigenvalue weighted by atomic mass is 9.60. The van der Waals surface area contributed by atoms with Gasteiger partial charge in [-0.05, 0) is 60.4 Å². The molecule has 4 unspecified atom stereocenters. The van der Waals surface area contributed by atoms with Crippen molar-refractivity contribution >= 4 is 12.1 Å². The predicted molar refractivity (Wildman–Crippen MR) is 124 cm³/mol. The summed E-state index contributed by atoms with van der Waals surface area (Å²) in [6.45, 7) is 1.89. The molecule has 1 amide bonds. The number of carboxylic acid groups (broad SMARTS) is 1. The smallest absolute Gasteiger partial charge is 0.409 e. The molecular weight excluding hydrogens is 416 g/mol. The van der Waals surface area contributed by atoms with Crippen LogP contribution in [0.1, 0.15) is 42.7 Å². The van der Waals surface area contributed by atoms with E-state index in [2.05, 4.69) is 29.6 Å². The van der Waals surface area contributed by atoms with Gasteiger partial charge in [0.1, 0.15) is 6.61 Å². The summed E-state index contributed by atoms with van der Waals surface area (Å²) in [6, 6.07) is 16.7. The second kappa shape index (κ2) is 7.87. The summed E-state index contributed by atoms with van der Waals surface area (Å²) in [5.74, 6) is -0.659. The summed E-state index contributed by atoms with van der Waals surface area (Å²) >= 11 is 0. The Morgan fingerprint density at radius 3 is 2.45 bits per heavy atom. The van der Waals surface area contributed by atoms with Crippen LogP contribution in [0.3, 0.4) is 0 Å². The van der Waals surface area contributed by atoms with Crippen molar-refractivity contribution in [2.45, 2.75) is 37.6 Å². The number of carboxylic acids is 1. The molecule has 2 heterocycles. The van der Waals surface area contributed by atoms with Gasteiger partial charge in [-0.15, -0.1) is 0 Å². The van der Waals surface area contributed by atoms with Crippen molar-refractivity contribution in [3.63, 3.8) is 0 Å². The summed E-state index contributed by atoms with van der Waals surface area (Å²) in [5, 5.41) is 13.6. The third-order valence-corrected chi connectivity index (χ3v) is 8.70. The molecule has 6 rings (SSSR count). The molecular formula is C27H30N2O4. The van der Waals surface area contributed by atoms with Crippen molar-refractivity contribution in [2.75, 3.05) is 26.2 Å². The molecule has 0 radical (unpaired) electrons. The largest absolute Gasteiger partial charge is 0.481 e. The van der Waals surface area contributed by atoms with Crippen LogP contribution < -0.4 is 5.32 Å². The first-order chi connectivity index (χ1) is 16.1. The minimum absolute atomic E-state index is 0.00336. The summed E-state index contributed by atoms with van der Waals surface area (Å²) in [6.07, 6.45) is 3.71. The van der Waals surface area contributed by atoms with E-state index < -0.39 is 23.4 Å². The van der Waals surface area contributed by atoms with Crippen LogP contribution in [-0.2, 0) is 9.53 Å². The zero-order valence-corrected chi connectivity index (χ0v) is 18.7. The number of carbonyl (C=O) groups excluding carboxylic acids is 1. The zero-order chi connectivity index (χ0) is 22.6. The SMILES string of the molecule is O=C(O)C1CN(C(=O)OCC2c3ccccc3-c3ccccc32)CC12CCC1CCNC2C1. The number of benzene rings is 2. The Balaban J connectivity index is 1.20. The molecule has 6 heteroatoms. The van der Waals surface area contributed by atoms with E-state index in [1.165, 1.54) is 28.7 Å². The number of piperidine rings is 1. The number of ether oxygens (including phenoxy) is 1. The van der Waals surface area contributed by atoms with Gasteiger partial charge >= 0.3 is 12.1 Å². The van der Waals surface area contributed by atoms with Crippen LogP contribution in [0.4, 0.5) is 4.79 Å². The molecule has 2 aromatic carbocycles. The number of aliphatic carboxylic acids is 1. The first-order valence-electron chi connectivity index (χ1n) is 12.1. The van der Waals surface area contributed by atoms with Gasteiger partial charge in [-0.2, -0.15) is 0 Å². The number of carbonyl (C=O) groups is 2. The van der Waals surface area contributed by atoms with Crippen LogP contribution in [0.5, 0.6) is 0 Å². The Morgan fingerprint density at radius 2 is 1.76 bits per heavy atom. The number of nitrogens with zero attached hydrogens (tertiary/aromatic N) is 1. The second-order valence-corrected chi connectivity index (χ2v) is 10.2. The quantitative estimate of drug-likeness (QED) is 0.742. The van der Waals surface area contributed by atoms with Crippen LogP contribution in [0.15, 0.2) is 48.5 Å². The normalized spacial score (nSPS) is 30.2. The van der Waals surface area contributed by atoms with Crippen molar-refractivity contribution in [1.82, 2.24) is 10.2 Å². The highest BCUT2D eigenvalue weighted by Gasteiger charge is 2.58. The minimum Gasteiger partial charge on any atom is -0.481 e. The monoisotopic (exact) mass is 446 g/mol. The van der Waals surface area contributed by atoms with Crippen molar-refractivity contribution in [2.24, 2.45) is 17.3 Å². The number of nitrogens with one attached hydrogen (secondary N) is 1. The average molecular weight is 447 g/mol. The number of rotatable bonds is 3. The number of hydrogen-bond acceptors (Lipinski definition) is 4. The Hall–Kier alpha value is -2.86. The van der Waals surface area contributed by atoms with E-state index >= 15 is 0 Å². The topological polar surface area (TPSA) is 78.9 Å². The van der Waals surface area contributed by atoms with E-state index in [9.17, 15) is 14.7 Å². The Morgan fingerprint density at radius 1 is 1.06 bits per heavy atom. The first kappa shape index (κ1) is 20.7. The zero-order valence-electron chi connectivity index (χ0n) is 18.7. The number of hydrogen-bond donors (Lipinski definition) is 2. The number of likely N-dealkylation sites (tertiary alicyclic amines) is 1. The highest BCUT2D eigenvalue weighted by atomic mass is 16.6. The highest BCUT2D eigenvalue weighted by Crippen LogP contribution is 2.51. The lowest BCUT2D eigenvalue weighted by Crippen LogP contribution is -2.58. The third-order valence-electron chi connectivity index (χ3n) is 8.70. The Bertz CT molecular complexity index is 1060. The number of fused-ring (bicyclic) bond motifs is 6. The first-order valence-corrected chi connectivity index (χ1v) is 12.1. The Kier molecular flexibility index (Phi) is 4.94. The molecule has 3 fully saturated rings. The molecule has 33 heavy (non-hydrogen) atoms. The predicted octanol–water partition coefficient (Wildman–Crippen LogP) is 4.10. The highest BCUT2D eigenvalue weighted by molar-refractivity contribution is 5.79. The van der Waals surface area contributed by atoms with Gasteiger partial charge in [-0.1, -0.05) is 48.5 Å². The molecule has 2 saturated heterocycles. The van der Waals surface area contributed by atoms with Crippen LogP contribution in [0, 0.1) is 17.3 Å². The standard InChI is InChI=1S/C27H30N2O4/c30-25(31)23-14-29(16-27(23)11-9-17-10-12-28-24(27)13-17)26(32)33-15-22-20-7-3-1-5-18(20)19-6-2-4-8-21(19)22/h1-8,17,22-24,28H,9-16H2,(H,30,31). The summed E-state index contributed by atoms with van der Waals surface area (Å²) in [5.41, 5.74) is 4.35. The fourth-order valence-corrected chi connectivity index (χ4v) is 7.03. The number of amides is 1. The molecule has 1 saturated carbocycles. The minimum atomic E-state index is -0.797. The van der Waals surface area contributed by atoms with Crippen LogP contribution in [0.25, 0.3) is 11.1 Å². The van der Waals surface area contributed by atoms with Crippen LogP contribution >= 0.6 is 0 Å². The maximum absolute atomic E-state index is 13.2. The molecule has 0 aromatic heterocycles. The van der Waals surface area contributed by atoms with Crippen LogP contribution in [0.2, 0.25) is 0 Å². The average Bonchev–Trinajstić information content (AvgIpc) is 3.38. The van der Waals surface area contributed by atoms with Gasteiger partial charge in [0.15, 0.2) is 0 Å². The van der Waals surface area contributed by atoms with Crippen molar-refractivity contribution in [3.8, 4) is 11.1 Å². The fourth-order valence-electron chi connectivity index (χ4n) is 7.03. The molecule has 4 atom stereocenters. The fraction of sp³-hybridized carbons (Fsp3) is 0.481. The third kappa shape index (κ3) is 3.26. The van der Waals surface area contributed by atoms with E-state index in [1.54, 1.807) is 4.90 Å². The molecule has 2 aromatic rings. The molecule has 2 N–H and O–H groups in total. The maximum atomic E-state index is 13.2. The lowest BCUT2D eigenvalue weighted by molar-refractivity contribution is -0.147. The van der Waals surface area contributed by atoms with Crippen molar-refractivity contribution in [3.05, 3.63) is 59.7 Å². The van der Waals surface area contributed by atoms with E-state index in [0.717, 1.165) is 25.8 Å². The molecule has 4 aliphatic rings. The van der Waals surface area contributed by atoms with Gasteiger partial charge in [-0.25, -0.2) is 4.79 Å². The van der Waals surface area contributed by atoms with Gasteiger partial charge in [0, 0.05) is 30.5 Å². The van der Waals surface area contributed by atoms with Gasteiger partial charge < -0.3 is 20.1 Å². The van der Waals surface area contributed by atoms with E-state index in [1.807, 2.05) is 24.3 Å². The molecule has 2 aliphatic carbocycles. The molecule has 6 nitrogen and oxygen atoms in total. The van der Waals surface area contributed by atoms with Crippen LogP contribution in [-0.4, -0.2) is 54.4 Å². The van der Waals surface area contributed by atoms with Gasteiger partial charge in [-0.3, -0.25) is 4.79 Å². The summed E-state index contributed by atoms with van der Waals surface area (Å²) in [7, 11) is 0. The van der Waals surface area contributed by atoms with Gasteiger partial charge in [0.05, 0.1) is 5.92 Å². The lowest BCUT2D eigenvalue weighted by Gasteiger charge is -2.49. The molecule has 2 aliphatic heterocycles. The maximum Gasteiger partial charge on any atom is 0.409 e. The van der Waals surface area contributed by atoms with Gasteiger partial charge in [0.25, 0.3) is 0 Å². The second-order valence-electron chi connectivity index (χ2n) is 10.2. The molecule has 172 valence electrons. The Labute approximate surface area is 193 Å². The van der Waals surface area contributed by atoms with Gasteiger partial charge in [0.2, 0.25) is 0 Å². The molecule has 2 bridgehead atoms. The van der Waals surface area contributed by atoms with E-state index in [4.69, 9.17) is 4.74 Å².